The second kappa shape index (κ2) is 7.01. The summed E-state index contributed by atoms with van der Waals surface area (Å²) in [5, 5.41) is 9.48. The van der Waals surface area contributed by atoms with Crippen molar-refractivity contribution in [1.29, 1.82) is 0 Å². The molecule has 1 nitrogen and oxygen atoms in total. The van der Waals surface area contributed by atoms with Gasteiger partial charge in [-0.2, -0.15) is 0 Å². The minimum Gasteiger partial charge on any atom is -0.396 e. The van der Waals surface area contributed by atoms with Crippen LogP contribution in [0.15, 0.2) is 48.5 Å². The monoisotopic (exact) mass is 370 g/mol. The van der Waals surface area contributed by atoms with E-state index in [1.807, 2.05) is 6.07 Å². The third kappa shape index (κ3) is 4.58. The van der Waals surface area contributed by atoms with Gasteiger partial charge in [-0.05, 0) is 76.7 Å². The average molecular weight is 370 g/mol. The third-order valence-corrected chi connectivity index (χ3v) is 3.83. The Bertz CT molecular complexity index is 525. The number of halogens is 2. The zero-order chi connectivity index (χ0) is 13.7. The highest BCUT2D eigenvalue weighted by Gasteiger charge is 2.10. The lowest BCUT2D eigenvalue weighted by Gasteiger charge is -2.14. The highest BCUT2D eigenvalue weighted by atomic mass is 127. The van der Waals surface area contributed by atoms with Crippen molar-refractivity contribution in [3.63, 3.8) is 0 Å². The van der Waals surface area contributed by atoms with Gasteiger partial charge in [0.1, 0.15) is 5.82 Å². The first kappa shape index (κ1) is 14.5. The second-order valence-corrected chi connectivity index (χ2v) is 5.96. The molecule has 0 aliphatic heterocycles. The van der Waals surface area contributed by atoms with Crippen molar-refractivity contribution in [2.45, 2.75) is 12.8 Å². The Hall–Kier alpha value is -0.940. The van der Waals surface area contributed by atoms with Crippen molar-refractivity contribution in [2.75, 3.05) is 6.61 Å². The molecule has 0 saturated carbocycles. The zero-order valence-electron chi connectivity index (χ0n) is 10.5. The standard InChI is InChI=1S/C16H16FIO/c17-15-3-1-2-13(10-15)9-14(11-19)8-12-4-6-16(18)7-5-12/h1-7,10,14,19H,8-9,11H2. The lowest BCUT2D eigenvalue weighted by Crippen LogP contribution is -2.13. The summed E-state index contributed by atoms with van der Waals surface area (Å²) >= 11 is 2.27. The predicted molar refractivity (Wildman–Crippen MR) is 83.5 cm³/mol. The molecule has 0 bridgehead atoms. The maximum atomic E-state index is 13.1. The second-order valence-electron chi connectivity index (χ2n) is 4.71. The average Bonchev–Trinajstić information content (AvgIpc) is 2.40. The van der Waals surface area contributed by atoms with Crippen LogP contribution in [0.25, 0.3) is 0 Å². The van der Waals surface area contributed by atoms with E-state index in [2.05, 4.69) is 46.9 Å². The van der Waals surface area contributed by atoms with Crippen LogP contribution in [0.3, 0.4) is 0 Å². The molecule has 2 aromatic rings. The van der Waals surface area contributed by atoms with Crippen LogP contribution in [0.1, 0.15) is 11.1 Å². The summed E-state index contributed by atoms with van der Waals surface area (Å²) in [6.07, 6.45) is 1.50. The van der Waals surface area contributed by atoms with E-state index in [0.29, 0.717) is 6.42 Å². The highest BCUT2D eigenvalue weighted by molar-refractivity contribution is 14.1. The van der Waals surface area contributed by atoms with Crippen LogP contribution in [0.2, 0.25) is 0 Å². The predicted octanol–water partition coefficient (Wildman–Crippen LogP) is 3.82. The Balaban J connectivity index is 2.02. The van der Waals surface area contributed by atoms with Crippen LogP contribution in [-0.4, -0.2) is 11.7 Å². The molecule has 2 rings (SSSR count). The lowest BCUT2D eigenvalue weighted by molar-refractivity contribution is 0.225. The summed E-state index contributed by atoms with van der Waals surface area (Å²) in [5.74, 6) is -0.0923. The van der Waals surface area contributed by atoms with E-state index in [0.717, 1.165) is 12.0 Å². The summed E-state index contributed by atoms with van der Waals surface area (Å²) in [4.78, 5) is 0. The van der Waals surface area contributed by atoms with Crippen molar-refractivity contribution >= 4 is 22.6 Å². The van der Waals surface area contributed by atoms with Gasteiger partial charge in [0.2, 0.25) is 0 Å². The minimum absolute atomic E-state index is 0.114. The van der Waals surface area contributed by atoms with Gasteiger partial charge in [0.05, 0.1) is 0 Å². The van der Waals surface area contributed by atoms with Gasteiger partial charge in [-0.3, -0.25) is 0 Å². The molecule has 1 unspecified atom stereocenters. The van der Waals surface area contributed by atoms with Crippen molar-refractivity contribution in [1.82, 2.24) is 0 Å². The molecule has 0 radical (unpaired) electrons. The van der Waals surface area contributed by atoms with Crippen LogP contribution >= 0.6 is 22.6 Å². The van der Waals surface area contributed by atoms with E-state index >= 15 is 0 Å². The van der Waals surface area contributed by atoms with Crippen LogP contribution in [-0.2, 0) is 12.8 Å². The quantitative estimate of drug-likeness (QED) is 0.794. The summed E-state index contributed by atoms with van der Waals surface area (Å²) in [7, 11) is 0. The molecule has 0 heterocycles. The fourth-order valence-electron chi connectivity index (χ4n) is 2.15. The minimum atomic E-state index is -0.219. The van der Waals surface area contributed by atoms with E-state index in [1.54, 1.807) is 6.07 Å². The molecule has 0 amide bonds. The number of aliphatic hydroxyl groups excluding tert-OH is 1. The molecular weight excluding hydrogens is 354 g/mol. The molecule has 0 aliphatic rings. The van der Waals surface area contributed by atoms with E-state index in [-0.39, 0.29) is 18.3 Å². The van der Waals surface area contributed by atoms with Crippen LogP contribution in [0.5, 0.6) is 0 Å². The SMILES string of the molecule is OCC(Cc1ccc(I)cc1)Cc1cccc(F)c1. The molecule has 0 spiro atoms. The van der Waals surface area contributed by atoms with Crippen molar-refractivity contribution in [3.05, 3.63) is 69.0 Å². The topological polar surface area (TPSA) is 20.2 Å². The molecule has 0 saturated heterocycles. The Labute approximate surface area is 126 Å². The lowest BCUT2D eigenvalue weighted by atomic mass is 9.93. The molecular formula is C16H16FIO. The molecule has 1 N–H and O–H groups in total. The Morgan fingerprint density at radius 2 is 1.68 bits per heavy atom. The first-order valence-electron chi connectivity index (χ1n) is 6.27. The summed E-state index contributed by atoms with van der Waals surface area (Å²) in [5.41, 5.74) is 2.14. The number of hydrogen-bond acceptors (Lipinski definition) is 1. The maximum absolute atomic E-state index is 13.1. The van der Waals surface area contributed by atoms with E-state index in [4.69, 9.17) is 0 Å². The van der Waals surface area contributed by atoms with Crippen molar-refractivity contribution in [3.8, 4) is 0 Å². The summed E-state index contributed by atoms with van der Waals surface area (Å²) in [6, 6.07) is 14.9. The molecule has 19 heavy (non-hydrogen) atoms. The normalized spacial score (nSPS) is 12.4. The number of rotatable bonds is 5. The van der Waals surface area contributed by atoms with Gasteiger partial charge in [-0.15, -0.1) is 0 Å². The fourth-order valence-corrected chi connectivity index (χ4v) is 2.51. The van der Waals surface area contributed by atoms with Crippen LogP contribution in [0.4, 0.5) is 4.39 Å². The van der Waals surface area contributed by atoms with Gasteiger partial charge in [0.15, 0.2) is 0 Å². The van der Waals surface area contributed by atoms with Gasteiger partial charge >= 0.3 is 0 Å². The van der Waals surface area contributed by atoms with Crippen LogP contribution in [0, 0.1) is 15.3 Å². The van der Waals surface area contributed by atoms with Gasteiger partial charge in [-0.25, -0.2) is 4.39 Å². The number of aliphatic hydroxyl groups is 1. The fraction of sp³-hybridized carbons (Fsp3) is 0.250. The summed E-state index contributed by atoms with van der Waals surface area (Å²) < 4.78 is 14.3. The first-order valence-corrected chi connectivity index (χ1v) is 7.35. The van der Waals surface area contributed by atoms with Gasteiger partial charge in [-0.1, -0.05) is 24.3 Å². The largest absolute Gasteiger partial charge is 0.396 e. The Morgan fingerprint density at radius 3 is 2.32 bits per heavy atom. The van der Waals surface area contributed by atoms with Gasteiger partial charge in [0.25, 0.3) is 0 Å². The van der Waals surface area contributed by atoms with E-state index < -0.39 is 0 Å². The van der Waals surface area contributed by atoms with Gasteiger partial charge < -0.3 is 5.11 Å². The molecule has 2 aromatic carbocycles. The third-order valence-electron chi connectivity index (χ3n) is 3.11. The van der Waals surface area contributed by atoms with E-state index in [1.165, 1.54) is 21.3 Å². The summed E-state index contributed by atoms with van der Waals surface area (Å²) in [6.45, 7) is 0.114. The first-order chi connectivity index (χ1) is 9.17. The zero-order valence-corrected chi connectivity index (χ0v) is 12.7. The van der Waals surface area contributed by atoms with Crippen LogP contribution < -0.4 is 0 Å². The molecule has 0 aromatic heterocycles. The molecule has 3 heteroatoms. The molecule has 0 fully saturated rings. The van der Waals surface area contributed by atoms with Crippen molar-refractivity contribution in [2.24, 2.45) is 5.92 Å². The molecule has 100 valence electrons. The number of benzene rings is 2. The van der Waals surface area contributed by atoms with Crippen molar-refractivity contribution < 1.29 is 9.50 Å². The Kier molecular flexibility index (Phi) is 5.34. The van der Waals surface area contributed by atoms with Gasteiger partial charge in [0, 0.05) is 10.2 Å². The molecule has 0 aliphatic carbocycles. The van der Waals surface area contributed by atoms with E-state index in [9.17, 15) is 9.50 Å². The maximum Gasteiger partial charge on any atom is 0.123 e. The molecule has 1 atom stereocenters. The highest BCUT2D eigenvalue weighted by Crippen LogP contribution is 2.16. The number of hydrogen-bond donors (Lipinski definition) is 1. The Morgan fingerprint density at radius 1 is 1.00 bits per heavy atom. The smallest absolute Gasteiger partial charge is 0.123 e.